The van der Waals surface area contributed by atoms with Crippen LogP contribution in [0.5, 0.6) is 0 Å². The Hall–Kier alpha value is -2.62. The van der Waals surface area contributed by atoms with Gasteiger partial charge in [0.05, 0.1) is 0 Å². The summed E-state index contributed by atoms with van der Waals surface area (Å²) in [4.78, 5) is 11.6. The van der Waals surface area contributed by atoms with E-state index >= 15 is 0 Å². The molecule has 0 aliphatic rings. The second kappa shape index (κ2) is 4.81. The molecule has 3 rings (SSSR count). The molecule has 0 saturated heterocycles. The Morgan fingerprint density at radius 2 is 1.80 bits per heavy atom. The van der Waals surface area contributed by atoms with Crippen LogP contribution >= 0.6 is 0 Å². The molecule has 0 aliphatic heterocycles. The molecule has 0 spiro atoms. The molecule has 20 heavy (non-hydrogen) atoms. The third-order valence-electron chi connectivity index (χ3n) is 3.38. The van der Waals surface area contributed by atoms with Crippen molar-refractivity contribution in [2.24, 2.45) is 7.05 Å². The maximum Gasteiger partial charge on any atom is 0.343 e. The average Bonchev–Trinajstić information content (AvgIpc) is 2.80. The molecule has 1 N–H and O–H groups in total. The summed E-state index contributed by atoms with van der Waals surface area (Å²) in [6.07, 6.45) is 0. The van der Waals surface area contributed by atoms with Crippen molar-refractivity contribution in [1.82, 2.24) is 14.8 Å². The number of rotatable bonds is 2. The molecule has 0 radical (unpaired) electrons. The summed E-state index contributed by atoms with van der Waals surface area (Å²) in [6, 6.07) is 16.3. The lowest BCUT2D eigenvalue weighted by atomic mass is 9.97. The molecule has 1 heterocycles. The van der Waals surface area contributed by atoms with Gasteiger partial charge in [0, 0.05) is 12.6 Å². The number of hydrogen-bond donors (Lipinski definition) is 1. The number of benzene rings is 2. The topological polar surface area (TPSA) is 50.7 Å². The first-order valence-electron chi connectivity index (χ1n) is 6.44. The first-order valence-corrected chi connectivity index (χ1v) is 6.44. The van der Waals surface area contributed by atoms with Crippen molar-refractivity contribution in [2.75, 3.05) is 0 Å². The Balaban J connectivity index is 2.27. The highest BCUT2D eigenvalue weighted by Crippen LogP contribution is 2.30. The SMILES string of the molecule is Cc1ccc(-c2ccccc2)c(-c2n[nH]c(=O)n2C)c1. The number of aromatic nitrogens is 3. The lowest BCUT2D eigenvalue weighted by Gasteiger charge is -2.10. The fourth-order valence-corrected chi connectivity index (χ4v) is 2.30. The molecule has 100 valence electrons. The highest BCUT2D eigenvalue weighted by atomic mass is 16.1. The van der Waals surface area contributed by atoms with Crippen molar-refractivity contribution >= 4 is 0 Å². The van der Waals surface area contributed by atoms with Crippen LogP contribution in [0, 0.1) is 6.92 Å². The second-order valence-corrected chi connectivity index (χ2v) is 4.83. The predicted molar refractivity (Wildman–Crippen MR) is 79.4 cm³/mol. The van der Waals surface area contributed by atoms with Gasteiger partial charge in [0.2, 0.25) is 0 Å². The summed E-state index contributed by atoms with van der Waals surface area (Å²) in [5.74, 6) is 0.651. The van der Waals surface area contributed by atoms with Gasteiger partial charge in [-0.05, 0) is 24.1 Å². The molecule has 3 aromatic rings. The van der Waals surface area contributed by atoms with E-state index in [0.29, 0.717) is 5.82 Å². The zero-order valence-corrected chi connectivity index (χ0v) is 11.4. The maximum absolute atomic E-state index is 11.6. The third kappa shape index (κ3) is 2.05. The van der Waals surface area contributed by atoms with Crippen LogP contribution in [0.4, 0.5) is 0 Å². The monoisotopic (exact) mass is 265 g/mol. The van der Waals surface area contributed by atoms with Gasteiger partial charge in [-0.1, -0.05) is 48.0 Å². The van der Waals surface area contributed by atoms with E-state index in [9.17, 15) is 4.79 Å². The van der Waals surface area contributed by atoms with Crippen LogP contribution in [-0.2, 0) is 7.05 Å². The molecule has 0 saturated carbocycles. The number of H-pyrrole nitrogens is 1. The van der Waals surface area contributed by atoms with Crippen LogP contribution in [0.1, 0.15) is 5.56 Å². The largest absolute Gasteiger partial charge is 0.343 e. The van der Waals surface area contributed by atoms with Crippen LogP contribution in [0.2, 0.25) is 0 Å². The summed E-state index contributed by atoms with van der Waals surface area (Å²) < 4.78 is 1.53. The van der Waals surface area contributed by atoms with E-state index in [-0.39, 0.29) is 5.69 Å². The van der Waals surface area contributed by atoms with Crippen LogP contribution < -0.4 is 5.69 Å². The van der Waals surface area contributed by atoms with Crippen LogP contribution in [0.15, 0.2) is 53.3 Å². The van der Waals surface area contributed by atoms with Crippen LogP contribution in [-0.4, -0.2) is 14.8 Å². The Morgan fingerprint density at radius 1 is 1.05 bits per heavy atom. The molecule has 0 aliphatic carbocycles. The predicted octanol–water partition coefficient (Wildman–Crippen LogP) is 2.75. The standard InChI is InChI=1S/C16H15N3O/c1-11-8-9-13(12-6-4-3-5-7-12)14(10-11)15-17-18-16(20)19(15)2/h3-10H,1-2H3,(H,18,20). The van der Waals surface area contributed by atoms with Crippen molar-refractivity contribution in [3.63, 3.8) is 0 Å². The van der Waals surface area contributed by atoms with Gasteiger partial charge in [-0.2, -0.15) is 5.10 Å². The normalized spacial score (nSPS) is 10.7. The molecular weight excluding hydrogens is 250 g/mol. The van der Waals surface area contributed by atoms with Crippen molar-refractivity contribution in [3.05, 3.63) is 64.6 Å². The lowest BCUT2D eigenvalue weighted by Crippen LogP contribution is -2.13. The smallest absolute Gasteiger partial charge is 0.278 e. The van der Waals surface area contributed by atoms with Gasteiger partial charge in [0.15, 0.2) is 5.82 Å². The Kier molecular flexibility index (Phi) is 2.99. The van der Waals surface area contributed by atoms with Crippen molar-refractivity contribution < 1.29 is 0 Å². The van der Waals surface area contributed by atoms with E-state index < -0.39 is 0 Å². The van der Waals surface area contributed by atoms with Crippen LogP contribution in [0.25, 0.3) is 22.5 Å². The highest BCUT2D eigenvalue weighted by molar-refractivity contribution is 5.81. The van der Waals surface area contributed by atoms with Crippen molar-refractivity contribution in [2.45, 2.75) is 6.92 Å². The first kappa shape index (κ1) is 12.4. The summed E-state index contributed by atoms with van der Waals surface area (Å²) in [5.41, 5.74) is 4.06. The Labute approximate surface area is 116 Å². The number of aromatic amines is 1. The zero-order valence-electron chi connectivity index (χ0n) is 11.4. The molecule has 1 aromatic heterocycles. The van der Waals surface area contributed by atoms with Gasteiger partial charge >= 0.3 is 5.69 Å². The lowest BCUT2D eigenvalue weighted by molar-refractivity contribution is 0.869. The number of nitrogens with one attached hydrogen (secondary N) is 1. The molecule has 0 bridgehead atoms. The van der Waals surface area contributed by atoms with E-state index in [1.807, 2.05) is 25.1 Å². The molecule has 4 heteroatoms. The Morgan fingerprint density at radius 3 is 2.45 bits per heavy atom. The summed E-state index contributed by atoms with van der Waals surface area (Å²) >= 11 is 0. The summed E-state index contributed by atoms with van der Waals surface area (Å²) in [6.45, 7) is 2.03. The number of aryl methyl sites for hydroxylation is 1. The van der Waals surface area contributed by atoms with Crippen molar-refractivity contribution in [1.29, 1.82) is 0 Å². The minimum absolute atomic E-state index is 0.208. The molecular formula is C16H15N3O. The van der Waals surface area contributed by atoms with E-state index in [0.717, 1.165) is 22.3 Å². The fourth-order valence-electron chi connectivity index (χ4n) is 2.30. The molecule has 4 nitrogen and oxygen atoms in total. The van der Waals surface area contributed by atoms with Gasteiger partial charge in [-0.15, -0.1) is 0 Å². The number of nitrogens with zero attached hydrogens (tertiary/aromatic N) is 2. The molecule has 0 atom stereocenters. The van der Waals surface area contributed by atoms with Crippen LogP contribution in [0.3, 0.4) is 0 Å². The summed E-state index contributed by atoms with van der Waals surface area (Å²) in [5, 5.41) is 6.63. The highest BCUT2D eigenvalue weighted by Gasteiger charge is 2.13. The van der Waals surface area contributed by atoms with Gasteiger partial charge < -0.3 is 0 Å². The van der Waals surface area contributed by atoms with E-state index in [4.69, 9.17) is 0 Å². The van der Waals surface area contributed by atoms with E-state index in [1.165, 1.54) is 4.57 Å². The molecule has 2 aromatic carbocycles. The molecule has 0 fully saturated rings. The maximum atomic E-state index is 11.6. The fraction of sp³-hybridized carbons (Fsp3) is 0.125. The number of hydrogen-bond acceptors (Lipinski definition) is 2. The minimum Gasteiger partial charge on any atom is -0.278 e. The van der Waals surface area contributed by atoms with Gasteiger partial charge in [-0.25, -0.2) is 9.89 Å². The first-order chi connectivity index (χ1) is 9.66. The van der Waals surface area contributed by atoms with Crippen molar-refractivity contribution in [3.8, 4) is 22.5 Å². The quantitative estimate of drug-likeness (QED) is 0.774. The Bertz CT molecular complexity index is 800. The molecule has 0 amide bonds. The zero-order chi connectivity index (χ0) is 14.1. The minimum atomic E-state index is -0.208. The van der Waals surface area contributed by atoms with E-state index in [2.05, 4.69) is 40.5 Å². The second-order valence-electron chi connectivity index (χ2n) is 4.83. The average molecular weight is 265 g/mol. The summed E-state index contributed by atoms with van der Waals surface area (Å²) in [7, 11) is 1.72. The molecule has 0 unspecified atom stereocenters. The van der Waals surface area contributed by atoms with Gasteiger partial charge in [-0.3, -0.25) is 4.57 Å². The third-order valence-corrected chi connectivity index (χ3v) is 3.38. The van der Waals surface area contributed by atoms with E-state index in [1.54, 1.807) is 7.05 Å². The van der Waals surface area contributed by atoms with Gasteiger partial charge in [0.25, 0.3) is 0 Å². The van der Waals surface area contributed by atoms with Gasteiger partial charge in [0.1, 0.15) is 0 Å².